The van der Waals surface area contributed by atoms with Gasteiger partial charge >= 0.3 is 0 Å². The fraction of sp³-hybridized carbons (Fsp3) is 0.688. The van der Waals surface area contributed by atoms with Crippen LogP contribution in [0, 0.1) is 0 Å². The molecule has 0 bridgehead atoms. The zero-order valence-electron chi connectivity index (χ0n) is 12.3. The van der Waals surface area contributed by atoms with Gasteiger partial charge in [0.25, 0.3) is 5.91 Å². The van der Waals surface area contributed by atoms with E-state index in [4.69, 9.17) is 9.47 Å². The topological polar surface area (TPSA) is 38.8 Å². The zero-order valence-corrected chi connectivity index (χ0v) is 13.1. The van der Waals surface area contributed by atoms with Crippen LogP contribution < -0.4 is 0 Å². The fourth-order valence-electron chi connectivity index (χ4n) is 3.16. The first-order valence-corrected chi connectivity index (χ1v) is 8.75. The van der Waals surface area contributed by atoms with Gasteiger partial charge in [-0.25, -0.2) is 0 Å². The number of amides is 1. The summed E-state index contributed by atoms with van der Waals surface area (Å²) in [5.41, 5.74) is 0. The summed E-state index contributed by atoms with van der Waals surface area (Å²) in [6.45, 7) is 2.39. The Morgan fingerprint density at radius 1 is 1.33 bits per heavy atom. The minimum atomic E-state index is -0.400. The molecular formula is C16H23NO3S. The Hall–Kier alpha value is -0.910. The molecule has 4 nitrogen and oxygen atoms in total. The zero-order chi connectivity index (χ0) is 14.5. The van der Waals surface area contributed by atoms with Crippen molar-refractivity contribution in [2.24, 2.45) is 0 Å². The van der Waals surface area contributed by atoms with E-state index in [1.807, 2.05) is 0 Å². The van der Waals surface area contributed by atoms with Gasteiger partial charge in [-0.05, 0) is 24.3 Å². The maximum atomic E-state index is 12.8. The molecule has 0 aromatic carbocycles. The van der Waals surface area contributed by atoms with Crippen LogP contribution in [0.15, 0.2) is 17.5 Å². The molecule has 0 radical (unpaired) electrons. The van der Waals surface area contributed by atoms with Gasteiger partial charge in [0.1, 0.15) is 0 Å². The number of hydrogen-bond donors (Lipinski definition) is 0. The quantitative estimate of drug-likeness (QED) is 0.861. The van der Waals surface area contributed by atoms with Gasteiger partial charge in [0.15, 0.2) is 6.10 Å². The van der Waals surface area contributed by atoms with E-state index in [9.17, 15) is 4.79 Å². The highest BCUT2D eigenvalue weighted by atomic mass is 32.1. The van der Waals surface area contributed by atoms with Crippen molar-refractivity contribution in [2.75, 3.05) is 26.4 Å². The Morgan fingerprint density at radius 2 is 2.29 bits per heavy atom. The Labute approximate surface area is 130 Å². The second kappa shape index (κ2) is 7.38. The van der Waals surface area contributed by atoms with Gasteiger partial charge in [-0.3, -0.25) is 4.79 Å². The van der Waals surface area contributed by atoms with Crippen molar-refractivity contribution < 1.29 is 14.3 Å². The minimum Gasteiger partial charge on any atom is -0.376 e. The second-order valence-corrected chi connectivity index (χ2v) is 6.78. The highest BCUT2D eigenvalue weighted by Crippen LogP contribution is 2.23. The third-order valence-electron chi connectivity index (χ3n) is 4.27. The fourth-order valence-corrected chi connectivity index (χ4v) is 3.93. The summed E-state index contributed by atoms with van der Waals surface area (Å²) in [7, 11) is 0. The minimum absolute atomic E-state index is 0.123. The van der Waals surface area contributed by atoms with Crippen molar-refractivity contribution in [1.82, 2.24) is 4.90 Å². The highest BCUT2D eigenvalue weighted by Gasteiger charge is 2.32. The van der Waals surface area contributed by atoms with E-state index in [1.165, 1.54) is 17.7 Å². The molecule has 3 rings (SSSR count). The summed E-state index contributed by atoms with van der Waals surface area (Å²) in [5, 5.41) is 2.11. The Kier molecular flexibility index (Phi) is 5.27. The molecule has 1 amide bonds. The van der Waals surface area contributed by atoms with Gasteiger partial charge in [-0.1, -0.05) is 18.9 Å². The maximum Gasteiger partial charge on any atom is 0.254 e. The summed E-state index contributed by atoms with van der Waals surface area (Å²) in [6.07, 6.45) is 5.19. The average molecular weight is 309 g/mol. The van der Waals surface area contributed by atoms with E-state index in [0.717, 1.165) is 25.8 Å². The lowest BCUT2D eigenvalue weighted by atomic mass is 10.0. The lowest BCUT2D eigenvalue weighted by Gasteiger charge is -2.34. The van der Waals surface area contributed by atoms with Crippen molar-refractivity contribution in [3.8, 4) is 0 Å². The molecule has 0 N–H and O–H groups in total. The van der Waals surface area contributed by atoms with Crippen LogP contribution in [-0.2, 0) is 20.7 Å². The number of nitrogens with zero attached hydrogens (tertiary/aromatic N) is 1. The molecule has 2 aliphatic heterocycles. The van der Waals surface area contributed by atoms with Crippen LogP contribution in [-0.4, -0.2) is 49.3 Å². The Balaban J connectivity index is 1.69. The third kappa shape index (κ3) is 3.84. The number of hydrogen-bond acceptors (Lipinski definition) is 4. The number of rotatable bonds is 3. The molecule has 2 aliphatic rings. The normalized spacial score (nSPS) is 27.3. The summed E-state index contributed by atoms with van der Waals surface area (Å²) in [5.74, 6) is 0.123. The largest absolute Gasteiger partial charge is 0.376 e. The highest BCUT2D eigenvalue weighted by molar-refractivity contribution is 7.09. The molecule has 2 saturated heterocycles. The molecule has 1 aromatic rings. The van der Waals surface area contributed by atoms with Gasteiger partial charge in [-0.2, -0.15) is 0 Å². The van der Waals surface area contributed by atoms with E-state index in [0.29, 0.717) is 25.9 Å². The standard InChI is InChI=1S/C16H23NO3S/c18-16(15-12-19-8-9-20-15)17-7-3-1-2-5-13(17)11-14-6-4-10-21-14/h4,6,10,13,15H,1-3,5,7-9,11-12H2/t13-,15-/m1/s1. The Bertz CT molecular complexity index is 442. The molecular weight excluding hydrogens is 286 g/mol. The van der Waals surface area contributed by atoms with Crippen LogP contribution in [0.4, 0.5) is 0 Å². The SMILES string of the molecule is O=C([C@H]1COCCO1)N1CCCCC[C@@H]1Cc1cccs1. The monoisotopic (exact) mass is 309 g/mol. The molecule has 0 unspecified atom stereocenters. The number of carbonyl (C=O) groups is 1. The molecule has 0 spiro atoms. The first kappa shape index (κ1) is 15.0. The van der Waals surface area contributed by atoms with Crippen LogP contribution in [0.25, 0.3) is 0 Å². The molecule has 5 heteroatoms. The number of carbonyl (C=O) groups excluding carboxylic acids is 1. The third-order valence-corrected chi connectivity index (χ3v) is 5.17. The predicted molar refractivity (Wildman–Crippen MR) is 82.6 cm³/mol. The van der Waals surface area contributed by atoms with Gasteiger partial charge in [-0.15, -0.1) is 11.3 Å². The molecule has 116 valence electrons. The molecule has 1 aromatic heterocycles. The maximum absolute atomic E-state index is 12.8. The van der Waals surface area contributed by atoms with Crippen LogP contribution in [0.3, 0.4) is 0 Å². The van der Waals surface area contributed by atoms with Crippen molar-refractivity contribution in [1.29, 1.82) is 0 Å². The number of thiophene rings is 1. The molecule has 0 saturated carbocycles. The van der Waals surface area contributed by atoms with E-state index in [1.54, 1.807) is 11.3 Å². The molecule has 0 aliphatic carbocycles. The van der Waals surface area contributed by atoms with Crippen molar-refractivity contribution >= 4 is 17.2 Å². The van der Waals surface area contributed by atoms with Gasteiger partial charge in [0.05, 0.1) is 19.8 Å². The van der Waals surface area contributed by atoms with E-state index >= 15 is 0 Å². The van der Waals surface area contributed by atoms with E-state index in [-0.39, 0.29) is 5.91 Å². The van der Waals surface area contributed by atoms with Gasteiger partial charge in [0, 0.05) is 23.9 Å². The van der Waals surface area contributed by atoms with Crippen LogP contribution in [0.1, 0.15) is 30.6 Å². The lowest BCUT2D eigenvalue weighted by Crippen LogP contribution is -2.50. The Morgan fingerprint density at radius 3 is 3.05 bits per heavy atom. The van der Waals surface area contributed by atoms with Gasteiger partial charge < -0.3 is 14.4 Å². The number of ether oxygens (including phenoxy) is 2. The predicted octanol–water partition coefficient (Wildman–Crippen LogP) is 2.48. The summed E-state index contributed by atoms with van der Waals surface area (Å²) in [4.78, 5) is 16.2. The molecule has 3 heterocycles. The lowest BCUT2D eigenvalue weighted by molar-refractivity contribution is -0.160. The van der Waals surface area contributed by atoms with E-state index in [2.05, 4.69) is 22.4 Å². The van der Waals surface area contributed by atoms with Crippen LogP contribution >= 0.6 is 11.3 Å². The smallest absolute Gasteiger partial charge is 0.254 e. The van der Waals surface area contributed by atoms with Crippen molar-refractivity contribution in [3.63, 3.8) is 0 Å². The summed E-state index contributed by atoms with van der Waals surface area (Å²) in [6, 6.07) is 4.56. The molecule has 21 heavy (non-hydrogen) atoms. The van der Waals surface area contributed by atoms with Crippen LogP contribution in [0.5, 0.6) is 0 Å². The number of likely N-dealkylation sites (tertiary alicyclic amines) is 1. The second-order valence-electron chi connectivity index (χ2n) is 5.75. The first-order valence-electron chi connectivity index (χ1n) is 7.87. The summed E-state index contributed by atoms with van der Waals surface area (Å²) < 4.78 is 11.0. The van der Waals surface area contributed by atoms with E-state index < -0.39 is 6.10 Å². The molecule has 2 atom stereocenters. The van der Waals surface area contributed by atoms with Crippen molar-refractivity contribution in [3.05, 3.63) is 22.4 Å². The summed E-state index contributed by atoms with van der Waals surface area (Å²) >= 11 is 1.78. The average Bonchev–Trinajstić information content (AvgIpc) is 2.92. The van der Waals surface area contributed by atoms with Crippen molar-refractivity contribution in [2.45, 2.75) is 44.2 Å². The molecule has 2 fully saturated rings. The van der Waals surface area contributed by atoms with Crippen LogP contribution in [0.2, 0.25) is 0 Å². The van der Waals surface area contributed by atoms with Gasteiger partial charge in [0.2, 0.25) is 0 Å². The first-order chi connectivity index (χ1) is 10.3.